The lowest BCUT2D eigenvalue weighted by molar-refractivity contribution is -0.141. The number of nitrogens with one attached hydrogen (secondary N) is 8. The predicted molar refractivity (Wildman–Crippen MR) is 212 cm³/mol. The van der Waals surface area contributed by atoms with Crippen molar-refractivity contribution in [2.75, 3.05) is 56.6 Å². The molecule has 1 aliphatic heterocycles. The van der Waals surface area contributed by atoms with E-state index in [-0.39, 0.29) is 88.8 Å². The zero-order valence-corrected chi connectivity index (χ0v) is 32.2. The summed E-state index contributed by atoms with van der Waals surface area (Å²) >= 11 is 0. The van der Waals surface area contributed by atoms with Crippen LogP contribution in [-0.2, 0) is 39.9 Å². The average Bonchev–Trinajstić information content (AvgIpc) is 3.20. The number of guanidine groups is 1. The second kappa shape index (κ2) is 24.1. The Labute approximate surface area is 337 Å². The van der Waals surface area contributed by atoms with Gasteiger partial charge in [-0.3, -0.25) is 43.3 Å². The number of ether oxygens (including phenoxy) is 1. The first kappa shape index (κ1) is 46.6. The first-order valence-electron chi connectivity index (χ1n) is 18.8. The molecule has 59 heavy (non-hydrogen) atoms. The van der Waals surface area contributed by atoms with Gasteiger partial charge >= 0.3 is 12.1 Å². The summed E-state index contributed by atoms with van der Waals surface area (Å²) in [7, 11) is 0. The number of carboxylic acids is 1. The molecule has 0 aromatic heterocycles. The predicted octanol–water partition coefficient (Wildman–Crippen LogP) is -4.16. The van der Waals surface area contributed by atoms with E-state index < -0.39 is 89.6 Å². The molecule has 4 atom stereocenters. The lowest BCUT2D eigenvalue weighted by Crippen LogP contribution is -2.58. The van der Waals surface area contributed by atoms with E-state index >= 15 is 0 Å². The Morgan fingerprint density at radius 1 is 0.746 bits per heavy atom. The summed E-state index contributed by atoms with van der Waals surface area (Å²) in [5, 5.41) is 38.6. The highest BCUT2D eigenvalue weighted by molar-refractivity contribution is 5.98. The number of alkyl carbamates (subject to hydrolysis) is 1. The van der Waals surface area contributed by atoms with Crippen molar-refractivity contribution in [3.8, 4) is 0 Å². The molecule has 0 radical (unpaired) electrons. The van der Waals surface area contributed by atoms with Crippen molar-refractivity contribution < 1.29 is 48.5 Å². The molecule has 3 rings (SSSR count). The third-order valence-electron chi connectivity index (χ3n) is 8.73. The summed E-state index contributed by atoms with van der Waals surface area (Å²) < 4.78 is 4.90. The quantitative estimate of drug-likeness (QED) is 0.0261. The molecule has 0 saturated carbocycles. The van der Waals surface area contributed by atoms with Crippen molar-refractivity contribution in [3.05, 3.63) is 56.3 Å². The van der Waals surface area contributed by atoms with E-state index in [1.807, 2.05) is 0 Å². The van der Waals surface area contributed by atoms with Gasteiger partial charge in [0, 0.05) is 32.6 Å². The van der Waals surface area contributed by atoms with Gasteiger partial charge in [-0.2, -0.15) is 0 Å². The molecule has 6 amide bonds. The molecule has 2 aromatic carbocycles. The number of hydrogen-bond donors (Lipinski definition) is 12. The molecular formula is C36H51N11O12. The van der Waals surface area contributed by atoms with Crippen LogP contribution in [0.25, 0.3) is 0 Å². The Kier molecular flexibility index (Phi) is 19.0. The maximum atomic E-state index is 13.9. The Balaban J connectivity index is 1.80. The normalized spacial score (nSPS) is 19.0. The van der Waals surface area contributed by atoms with Crippen molar-refractivity contribution in [1.29, 1.82) is 0 Å². The molecule has 1 saturated heterocycles. The highest BCUT2D eigenvalue weighted by Gasteiger charge is 2.33. The fourth-order valence-electron chi connectivity index (χ4n) is 5.78. The summed E-state index contributed by atoms with van der Waals surface area (Å²) in [5.41, 5.74) is 9.89. The molecule has 1 heterocycles. The van der Waals surface area contributed by atoms with Gasteiger partial charge in [0.1, 0.15) is 42.1 Å². The van der Waals surface area contributed by atoms with E-state index in [0.29, 0.717) is 12.0 Å². The minimum atomic E-state index is -1.63. The van der Waals surface area contributed by atoms with Gasteiger partial charge in [0.2, 0.25) is 29.5 Å². The van der Waals surface area contributed by atoms with Gasteiger partial charge in [-0.25, -0.2) is 4.79 Å². The molecule has 23 heteroatoms. The van der Waals surface area contributed by atoms with E-state index in [0.717, 1.165) is 0 Å². The summed E-state index contributed by atoms with van der Waals surface area (Å²) in [4.78, 5) is 119. The Bertz CT molecular complexity index is 1880. The van der Waals surface area contributed by atoms with Gasteiger partial charge in [0.25, 0.3) is 10.9 Å². The number of unbranched alkanes of at least 4 members (excludes halogenated alkanes) is 1. The molecule has 14 N–H and O–H groups in total. The largest absolute Gasteiger partial charge is 0.481 e. The maximum Gasteiger partial charge on any atom is 0.407 e. The summed E-state index contributed by atoms with van der Waals surface area (Å²) in [5.74, 6) is -5.91. The third-order valence-corrected chi connectivity index (χ3v) is 8.73. The zero-order valence-electron chi connectivity index (χ0n) is 32.2. The van der Waals surface area contributed by atoms with E-state index in [1.165, 1.54) is 0 Å². The van der Waals surface area contributed by atoms with Crippen LogP contribution in [0, 0.1) is 0 Å². The molecule has 322 valence electrons. The Morgan fingerprint density at radius 3 is 1.98 bits per heavy atom. The number of aliphatic carboxylic acids is 1. The van der Waals surface area contributed by atoms with E-state index in [1.54, 1.807) is 30.3 Å². The first-order chi connectivity index (χ1) is 28.2. The molecule has 0 bridgehead atoms. The molecule has 0 spiro atoms. The molecule has 2 aromatic rings. The van der Waals surface area contributed by atoms with Gasteiger partial charge in [-0.05, 0) is 37.7 Å². The van der Waals surface area contributed by atoms with Crippen molar-refractivity contribution in [1.82, 2.24) is 31.9 Å². The van der Waals surface area contributed by atoms with Crippen LogP contribution in [0.1, 0.15) is 44.1 Å². The van der Waals surface area contributed by atoms with Crippen molar-refractivity contribution >= 4 is 58.9 Å². The number of rotatable bonds is 20. The van der Waals surface area contributed by atoms with Gasteiger partial charge in [-0.15, -0.1) is 0 Å². The smallest absolute Gasteiger partial charge is 0.407 e. The van der Waals surface area contributed by atoms with Crippen LogP contribution in [0.15, 0.2) is 44.9 Å². The van der Waals surface area contributed by atoms with E-state index in [9.17, 15) is 48.3 Å². The Hall–Kier alpha value is -6.78. The lowest BCUT2D eigenvalue weighted by Gasteiger charge is -2.26. The highest BCUT2D eigenvalue weighted by atomic mass is 16.5. The van der Waals surface area contributed by atoms with Crippen LogP contribution in [0.5, 0.6) is 0 Å². The maximum absolute atomic E-state index is 13.9. The highest BCUT2D eigenvalue weighted by Crippen LogP contribution is 2.15. The van der Waals surface area contributed by atoms with Crippen LogP contribution < -0.4 is 64.9 Å². The van der Waals surface area contributed by atoms with Crippen molar-refractivity contribution in [2.24, 2.45) is 16.5 Å². The summed E-state index contributed by atoms with van der Waals surface area (Å²) in [6.07, 6.45) is -0.943. The zero-order chi connectivity index (χ0) is 43.3. The lowest BCUT2D eigenvalue weighted by atomic mass is 10.0. The van der Waals surface area contributed by atoms with Crippen LogP contribution in [0.4, 0.5) is 16.2 Å². The van der Waals surface area contributed by atoms with Gasteiger partial charge < -0.3 is 69.0 Å². The molecule has 1 fully saturated rings. The minimum absolute atomic E-state index is 0.000136. The number of carbonyl (C=O) groups excluding carboxylic acids is 6. The van der Waals surface area contributed by atoms with Crippen LogP contribution in [0.2, 0.25) is 0 Å². The number of aliphatic hydroxyl groups excluding tert-OH is 1. The number of carbonyl (C=O) groups is 7. The number of hydrogen-bond acceptors (Lipinski definition) is 14. The van der Waals surface area contributed by atoms with Gasteiger partial charge in [-0.1, -0.05) is 30.3 Å². The van der Waals surface area contributed by atoms with E-state index in [4.69, 9.17) is 21.3 Å². The SMILES string of the molecule is NC(N)=NCCC[C@@H]1NC(=O)[C@H](CCCCNc2c(NCCOC(=O)NCCO)c(=O)c2=O)NC(=O)[C@@H](Cc2ccccc2)NC(=O)[C@H](CC(=O)O)NC(=O)CNC1=O. The molecular weight excluding hydrogens is 778 g/mol. The summed E-state index contributed by atoms with van der Waals surface area (Å²) in [6.45, 7) is -0.838. The topological polar surface area (TPSA) is 364 Å². The van der Waals surface area contributed by atoms with Gasteiger partial charge in [0.15, 0.2) is 5.96 Å². The minimum Gasteiger partial charge on any atom is -0.481 e. The second-order valence-corrected chi connectivity index (χ2v) is 13.3. The van der Waals surface area contributed by atoms with Crippen LogP contribution in [0.3, 0.4) is 0 Å². The molecule has 0 aliphatic carbocycles. The van der Waals surface area contributed by atoms with Crippen LogP contribution >= 0.6 is 0 Å². The fraction of sp³-hybridized carbons (Fsp3) is 0.500. The van der Waals surface area contributed by atoms with Crippen molar-refractivity contribution in [3.63, 3.8) is 0 Å². The molecule has 1 aliphatic rings. The number of nitrogens with zero attached hydrogens (tertiary/aromatic N) is 1. The third kappa shape index (κ3) is 15.9. The molecule has 23 nitrogen and oxygen atoms in total. The first-order valence-corrected chi connectivity index (χ1v) is 18.8. The molecule has 0 unspecified atom stereocenters. The number of amides is 6. The number of carboxylic acid groups (broad SMARTS) is 1. The average molecular weight is 830 g/mol. The van der Waals surface area contributed by atoms with Gasteiger partial charge in [0.05, 0.1) is 19.6 Å². The number of nitrogens with two attached hydrogens (primary N) is 2. The number of anilines is 2. The second-order valence-electron chi connectivity index (χ2n) is 13.3. The standard InChI is InChI=1S/C36H51N11O12/c37-35(38)41-12-6-10-21-31(54)43-19-25(49)44-24(18-26(50)51)34(57)47-23(17-20-7-2-1-3-8-20)33(56)46-22(32(55)45-21)9-4-5-11-39-27-28(30(53)29(27)52)40-14-16-59-36(58)42-13-15-48/h1-3,7-8,21-24,39-40,48H,4-6,9-19H2,(H,42,58)(H,43,54)(H,44,49)(H,45,55)(H,46,56)(H,47,57)(H,50,51)(H4,37,38,41)/t21-,22-,23+,24-/m0/s1. The monoisotopic (exact) mass is 829 g/mol. The van der Waals surface area contributed by atoms with Crippen LogP contribution in [-0.4, -0.2) is 128 Å². The fourth-order valence-corrected chi connectivity index (χ4v) is 5.78. The van der Waals surface area contributed by atoms with E-state index in [2.05, 4.69) is 47.5 Å². The Morgan fingerprint density at radius 2 is 1.34 bits per heavy atom. The number of aliphatic hydroxyl groups is 1. The summed E-state index contributed by atoms with van der Waals surface area (Å²) in [6, 6.07) is 3.01. The number of aliphatic imine (C=N–C) groups is 1. The number of benzene rings is 1. The van der Waals surface area contributed by atoms with Crippen molar-refractivity contribution in [2.45, 2.75) is 69.1 Å².